The van der Waals surface area contributed by atoms with Crippen molar-refractivity contribution < 1.29 is 33.3 Å². The van der Waals surface area contributed by atoms with Gasteiger partial charge in [-0.25, -0.2) is 4.79 Å². The zero-order chi connectivity index (χ0) is 18.4. The second-order valence-corrected chi connectivity index (χ2v) is 7.77. The number of aromatic hydroxyl groups is 1. The molecule has 2 rings (SSSR count). The number of nitrogens with zero attached hydrogens (tertiary/aromatic N) is 2. The Balaban J connectivity index is 0.000000300. The van der Waals surface area contributed by atoms with Gasteiger partial charge in [0.1, 0.15) is 5.56 Å². The van der Waals surface area contributed by atoms with E-state index in [2.05, 4.69) is 0 Å². The van der Waals surface area contributed by atoms with E-state index in [1.165, 1.54) is 0 Å². The Morgan fingerprint density at radius 3 is 1.79 bits per heavy atom. The second kappa shape index (κ2) is 8.44. The predicted molar refractivity (Wildman–Crippen MR) is 84.1 cm³/mol. The van der Waals surface area contributed by atoms with E-state index in [0.717, 1.165) is 0 Å². The van der Waals surface area contributed by atoms with Gasteiger partial charge in [-0.05, 0) is 0 Å². The lowest BCUT2D eigenvalue weighted by Gasteiger charge is -2.07. The lowest BCUT2D eigenvalue weighted by Crippen LogP contribution is -2.22. The summed E-state index contributed by atoms with van der Waals surface area (Å²) in [5, 5.41) is 38.5. The molecule has 1 heterocycles. The molecule has 0 radical (unpaired) electrons. The molecule has 0 spiro atoms. The van der Waals surface area contributed by atoms with Crippen molar-refractivity contribution in [1.82, 2.24) is 0 Å². The molecule has 0 amide bonds. The van der Waals surface area contributed by atoms with Crippen LogP contribution in [0.4, 0.5) is 11.4 Å². The molecule has 0 aromatic heterocycles. The maximum absolute atomic E-state index is 10.6. The first kappa shape index (κ1) is 19.6. The van der Waals surface area contributed by atoms with Crippen LogP contribution in [0.3, 0.4) is 0 Å². The molecule has 1 aromatic carbocycles. The summed E-state index contributed by atoms with van der Waals surface area (Å²) >= 11 is 0. The van der Waals surface area contributed by atoms with E-state index in [9.17, 15) is 38.5 Å². The molecule has 1 aliphatic rings. The van der Waals surface area contributed by atoms with Crippen molar-refractivity contribution in [2.24, 2.45) is 0 Å². The maximum atomic E-state index is 10.6. The lowest BCUT2D eigenvalue weighted by molar-refractivity contribution is -0.394. The highest BCUT2D eigenvalue weighted by Gasteiger charge is 2.26. The first-order valence-electron chi connectivity index (χ1n) is 6.22. The van der Waals surface area contributed by atoms with E-state index in [1.54, 1.807) is 0 Å². The fourth-order valence-corrected chi connectivity index (χ4v) is 4.97. The molecule has 0 aliphatic carbocycles. The van der Waals surface area contributed by atoms with Gasteiger partial charge in [0.2, 0.25) is 5.75 Å². The van der Waals surface area contributed by atoms with Crippen LogP contribution < -0.4 is 0 Å². The number of carbonyl (C=O) groups is 1. The Hall–Kier alpha value is -2.41. The lowest BCUT2D eigenvalue weighted by atomic mass is 10.1. The number of nitro groups is 2. The van der Waals surface area contributed by atoms with Crippen molar-refractivity contribution in [3.05, 3.63) is 37.9 Å². The van der Waals surface area contributed by atoms with Crippen LogP contribution in [0.2, 0.25) is 0 Å². The van der Waals surface area contributed by atoms with E-state index in [1.807, 2.05) is 0 Å². The third-order valence-electron chi connectivity index (χ3n) is 2.79. The van der Waals surface area contributed by atoms with E-state index in [0.29, 0.717) is 35.1 Å². The second-order valence-electron chi connectivity index (χ2n) is 4.38. The SMILES string of the molecule is O=C(O)c1cc([N+](=O)[O-])cc([N+](=O)[O-])c1O.O=S1CCS(=O)CC1. The molecule has 0 atom stereocenters. The first-order chi connectivity index (χ1) is 11.1. The van der Waals surface area contributed by atoms with Gasteiger partial charge in [-0.15, -0.1) is 0 Å². The van der Waals surface area contributed by atoms with Crippen LogP contribution >= 0.6 is 0 Å². The first-order valence-corrected chi connectivity index (χ1v) is 9.20. The Bertz CT molecular complexity index is 671. The predicted octanol–water partition coefficient (Wildman–Crippen LogP) is 0.404. The Morgan fingerprint density at radius 1 is 1.00 bits per heavy atom. The van der Waals surface area contributed by atoms with E-state index >= 15 is 0 Å². The van der Waals surface area contributed by atoms with E-state index in [4.69, 9.17) is 5.11 Å². The third-order valence-corrected chi connectivity index (χ3v) is 5.94. The monoisotopic (exact) mass is 380 g/mol. The van der Waals surface area contributed by atoms with Gasteiger partial charge in [0.15, 0.2) is 0 Å². The zero-order valence-corrected chi connectivity index (χ0v) is 13.6. The molecule has 132 valence electrons. The van der Waals surface area contributed by atoms with Crippen LogP contribution in [0, 0.1) is 20.2 Å². The standard InChI is InChI=1S/C7H4N2O7.C4H8O2S2/c10-6-4(7(11)12)1-3(8(13)14)2-5(6)9(15)16;5-7-1-2-8(6)4-3-7/h1-2,10H,(H,11,12);1-4H2. The van der Waals surface area contributed by atoms with Gasteiger partial charge >= 0.3 is 11.7 Å². The molecule has 13 heteroatoms. The number of nitro benzene ring substituents is 2. The molecule has 2 N–H and O–H groups in total. The number of aromatic carboxylic acids is 1. The molecular weight excluding hydrogens is 368 g/mol. The van der Waals surface area contributed by atoms with Crippen molar-refractivity contribution in [2.75, 3.05) is 23.0 Å². The van der Waals surface area contributed by atoms with Crippen LogP contribution in [0.25, 0.3) is 0 Å². The number of rotatable bonds is 3. The average molecular weight is 380 g/mol. The van der Waals surface area contributed by atoms with Crippen LogP contribution in [0.5, 0.6) is 5.75 Å². The summed E-state index contributed by atoms with van der Waals surface area (Å²) in [5.74, 6) is -0.217. The van der Waals surface area contributed by atoms with Crippen molar-refractivity contribution in [3.63, 3.8) is 0 Å². The minimum atomic E-state index is -1.69. The minimum Gasteiger partial charge on any atom is -0.501 e. The number of non-ortho nitro benzene ring substituents is 1. The van der Waals surface area contributed by atoms with Crippen LogP contribution in [-0.2, 0) is 21.6 Å². The fourth-order valence-electron chi connectivity index (χ4n) is 1.59. The molecule has 1 fully saturated rings. The summed E-state index contributed by atoms with van der Waals surface area (Å²) in [5.41, 5.74) is -2.69. The molecule has 24 heavy (non-hydrogen) atoms. The van der Waals surface area contributed by atoms with Gasteiger partial charge in [-0.3, -0.25) is 28.6 Å². The van der Waals surface area contributed by atoms with Crippen molar-refractivity contribution >= 4 is 38.9 Å². The zero-order valence-electron chi connectivity index (χ0n) is 11.9. The van der Waals surface area contributed by atoms with Gasteiger partial charge in [-0.2, -0.15) is 0 Å². The summed E-state index contributed by atoms with van der Waals surface area (Å²) in [6.07, 6.45) is 0. The van der Waals surface area contributed by atoms with Crippen molar-refractivity contribution in [1.29, 1.82) is 0 Å². The smallest absolute Gasteiger partial charge is 0.340 e. The molecule has 1 aromatic rings. The largest absolute Gasteiger partial charge is 0.501 e. The molecule has 1 saturated heterocycles. The average Bonchev–Trinajstić information content (AvgIpc) is 2.50. The highest BCUT2D eigenvalue weighted by Crippen LogP contribution is 2.34. The van der Waals surface area contributed by atoms with Gasteiger partial charge in [0.25, 0.3) is 5.69 Å². The van der Waals surface area contributed by atoms with Gasteiger partial charge in [0.05, 0.1) is 15.9 Å². The van der Waals surface area contributed by atoms with E-state index in [-0.39, 0.29) is 0 Å². The normalized spacial score (nSPS) is 19.7. The molecular formula is C11H12N2O9S2. The summed E-state index contributed by atoms with van der Waals surface area (Å²) < 4.78 is 21.2. The Morgan fingerprint density at radius 2 is 1.46 bits per heavy atom. The topological polar surface area (TPSA) is 178 Å². The fraction of sp³-hybridized carbons (Fsp3) is 0.364. The van der Waals surface area contributed by atoms with Crippen LogP contribution in [0.1, 0.15) is 10.4 Å². The number of benzene rings is 1. The number of carboxylic acid groups (broad SMARTS) is 1. The number of carboxylic acids is 1. The van der Waals surface area contributed by atoms with Gasteiger partial charge in [-0.1, -0.05) is 0 Å². The minimum absolute atomic E-state index is 0.488. The number of hydrogen-bond donors (Lipinski definition) is 2. The summed E-state index contributed by atoms with van der Waals surface area (Å²) in [6.45, 7) is 0. The molecule has 0 unspecified atom stereocenters. The summed E-state index contributed by atoms with van der Waals surface area (Å²) in [7, 11) is -1.31. The van der Waals surface area contributed by atoms with Gasteiger partial charge in [0, 0.05) is 50.7 Å². The maximum Gasteiger partial charge on any atom is 0.340 e. The summed E-state index contributed by atoms with van der Waals surface area (Å²) in [6, 6.07) is 1.03. The van der Waals surface area contributed by atoms with Crippen LogP contribution in [0.15, 0.2) is 12.1 Å². The molecule has 0 saturated carbocycles. The number of phenols is 1. The highest BCUT2D eigenvalue weighted by atomic mass is 32.2. The Labute approximate surface area is 139 Å². The van der Waals surface area contributed by atoms with E-state index < -0.39 is 60.1 Å². The molecule has 11 nitrogen and oxygen atoms in total. The highest BCUT2D eigenvalue weighted by molar-refractivity contribution is 7.92. The summed E-state index contributed by atoms with van der Waals surface area (Å²) in [4.78, 5) is 29.2. The van der Waals surface area contributed by atoms with Crippen molar-refractivity contribution in [2.45, 2.75) is 0 Å². The molecule has 1 aliphatic heterocycles. The Kier molecular flexibility index (Phi) is 6.91. The van der Waals surface area contributed by atoms with Crippen LogP contribution in [-0.4, -0.2) is 57.5 Å². The molecule has 0 bridgehead atoms. The van der Waals surface area contributed by atoms with Crippen molar-refractivity contribution in [3.8, 4) is 5.75 Å². The third kappa shape index (κ3) is 5.34. The van der Waals surface area contributed by atoms with Gasteiger partial charge < -0.3 is 10.2 Å². The number of hydrogen-bond acceptors (Lipinski definition) is 8. The quantitative estimate of drug-likeness (QED) is 0.554.